The Morgan fingerprint density at radius 2 is 1.51 bits per heavy atom. The van der Waals surface area contributed by atoms with Gasteiger partial charge in [-0.1, -0.05) is 13.8 Å². The molecule has 1 saturated heterocycles. The molecule has 2 aromatic rings. The fourth-order valence-corrected chi connectivity index (χ4v) is 5.82. The second-order valence-electron chi connectivity index (χ2n) is 8.67. The first-order chi connectivity index (χ1) is 16.5. The maximum atomic E-state index is 13.6. The molecule has 1 fully saturated rings. The van der Waals surface area contributed by atoms with E-state index >= 15 is 0 Å². The van der Waals surface area contributed by atoms with Crippen LogP contribution >= 0.6 is 0 Å². The largest absolute Gasteiger partial charge is 0.468 e. The second kappa shape index (κ2) is 11.1. The van der Waals surface area contributed by atoms with E-state index in [4.69, 9.17) is 4.74 Å². The van der Waals surface area contributed by atoms with Crippen molar-refractivity contribution in [3.8, 4) is 0 Å². The van der Waals surface area contributed by atoms with Crippen molar-refractivity contribution in [2.75, 3.05) is 24.5 Å². The van der Waals surface area contributed by atoms with Crippen LogP contribution in [-0.2, 0) is 19.7 Å². The molecule has 0 spiro atoms. The molecule has 0 aromatic heterocycles. The topological polar surface area (TPSA) is 96.0 Å². The minimum absolute atomic E-state index is 0.231. The molecule has 1 amide bonds. The van der Waals surface area contributed by atoms with E-state index in [0.717, 1.165) is 16.4 Å². The van der Waals surface area contributed by atoms with Crippen LogP contribution in [0.25, 0.3) is 0 Å². The maximum Gasteiger partial charge on any atom is 0.324 e. The molecule has 190 valence electrons. The van der Waals surface area contributed by atoms with Gasteiger partial charge in [-0.05, 0) is 67.3 Å². The predicted molar refractivity (Wildman–Crippen MR) is 127 cm³/mol. The van der Waals surface area contributed by atoms with Crippen LogP contribution in [0.1, 0.15) is 37.0 Å². The minimum atomic E-state index is -4.27. The number of carbonyl (C=O) groups is 2. The number of rotatable bonds is 8. The van der Waals surface area contributed by atoms with Gasteiger partial charge in [-0.2, -0.15) is 13.1 Å². The van der Waals surface area contributed by atoms with Gasteiger partial charge in [-0.15, -0.1) is 0 Å². The van der Waals surface area contributed by atoms with Crippen molar-refractivity contribution >= 4 is 27.8 Å². The van der Waals surface area contributed by atoms with Crippen molar-refractivity contribution in [2.24, 2.45) is 5.92 Å². The number of methoxy groups -OCH3 is 1. The quantitative estimate of drug-likeness (QED) is 0.552. The van der Waals surface area contributed by atoms with E-state index in [1.807, 2.05) is 0 Å². The van der Waals surface area contributed by atoms with Gasteiger partial charge in [-0.3, -0.25) is 13.9 Å². The summed E-state index contributed by atoms with van der Waals surface area (Å²) in [6.45, 7) is 3.90. The molecule has 1 aliphatic heterocycles. The van der Waals surface area contributed by atoms with E-state index in [2.05, 4.69) is 4.72 Å². The zero-order chi connectivity index (χ0) is 25.8. The van der Waals surface area contributed by atoms with Crippen molar-refractivity contribution in [1.29, 1.82) is 0 Å². The Hall–Kier alpha value is -3.05. The van der Waals surface area contributed by atoms with Gasteiger partial charge in [-0.25, -0.2) is 8.78 Å². The number of anilines is 1. The first kappa shape index (κ1) is 26.6. The highest BCUT2D eigenvalue weighted by atomic mass is 32.2. The lowest BCUT2D eigenvalue weighted by molar-refractivity contribution is -0.143. The average Bonchev–Trinajstić information content (AvgIpc) is 2.83. The molecule has 35 heavy (non-hydrogen) atoms. The molecule has 0 aliphatic carbocycles. The summed E-state index contributed by atoms with van der Waals surface area (Å²) in [4.78, 5) is 26.6. The van der Waals surface area contributed by atoms with Gasteiger partial charge in [0.15, 0.2) is 0 Å². The molecular weight excluding hydrogens is 480 g/mol. The number of amides is 1. The van der Waals surface area contributed by atoms with Gasteiger partial charge in [0.05, 0.1) is 12.8 Å². The summed E-state index contributed by atoms with van der Waals surface area (Å²) >= 11 is 0. The summed E-state index contributed by atoms with van der Waals surface area (Å²) in [6, 6.07) is 8.58. The third kappa shape index (κ3) is 6.34. The summed E-state index contributed by atoms with van der Waals surface area (Å²) in [7, 11) is -3.09. The Morgan fingerprint density at radius 1 is 1.00 bits per heavy atom. The number of nitrogens with one attached hydrogen (secondary N) is 1. The smallest absolute Gasteiger partial charge is 0.324 e. The van der Waals surface area contributed by atoms with Crippen LogP contribution in [0, 0.1) is 17.6 Å². The molecule has 2 aromatic carbocycles. The normalized spacial score (nSPS) is 15.7. The van der Waals surface area contributed by atoms with E-state index in [0.29, 0.717) is 18.4 Å². The molecule has 0 radical (unpaired) electrons. The molecule has 1 atom stereocenters. The standard InChI is InChI=1S/C24H29F2N3O5S/c1-16(2)22(24(31)34-3)27-35(32,33)29(20-10-8-19(26)9-11-20)21-12-14-28(15-13-21)23(30)17-4-6-18(25)7-5-17/h4-11,16,21-22,27H,12-15H2,1-3H3/t22-/m1/s1. The van der Waals surface area contributed by atoms with Gasteiger partial charge in [0.2, 0.25) is 0 Å². The van der Waals surface area contributed by atoms with Crippen molar-refractivity contribution < 1.29 is 31.5 Å². The summed E-state index contributed by atoms with van der Waals surface area (Å²) in [5, 5.41) is 0. The molecule has 1 N–H and O–H groups in total. The second-order valence-corrected chi connectivity index (χ2v) is 10.2. The van der Waals surface area contributed by atoms with E-state index in [-0.39, 0.29) is 30.6 Å². The molecule has 0 unspecified atom stereocenters. The lowest BCUT2D eigenvalue weighted by Crippen LogP contribution is -2.56. The Labute approximate surface area is 204 Å². The van der Waals surface area contributed by atoms with Crippen molar-refractivity contribution in [1.82, 2.24) is 9.62 Å². The van der Waals surface area contributed by atoms with Crippen LogP contribution in [0.5, 0.6) is 0 Å². The van der Waals surface area contributed by atoms with Crippen LogP contribution in [0.3, 0.4) is 0 Å². The summed E-state index contributed by atoms with van der Waals surface area (Å²) < 4.78 is 62.1. The van der Waals surface area contributed by atoms with Gasteiger partial charge in [0.1, 0.15) is 17.7 Å². The summed E-state index contributed by atoms with van der Waals surface area (Å²) in [5.41, 5.74) is 0.571. The third-order valence-corrected chi connectivity index (χ3v) is 7.49. The highest BCUT2D eigenvalue weighted by Gasteiger charge is 2.37. The molecule has 11 heteroatoms. The Balaban J connectivity index is 1.84. The maximum absolute atomic E-state index is 13.6. The molecule has 0 bridgehead atoms. The van der Waals surface area contributed by atoms with Crippen molar-refractivity contribution in [3.05, 3.63) is 65.7 Å². The number of esters is 1. The number of benzene rings is 2. The SMILES string of the molecule is COC(=O)[C@H](NS(=O)(=O)N(c1ccc(F)cc1)C1CCN(C(=O)c2ccc(F)cc2)CC1)C(C)C. The summed E-state index contributed by atoms with van der Waals surface area (Å²) in [6.07, 6.45) is 0.603. The Bertz CT molecular complexity index is 1130. The van der Waals surface area contributed by atoms with Crippen molar-refractivity contribution in [3.63, 3.8) is 0 Å². The number of carbonyl (C=O) groups excluding carboxylic acids is 2. The van der Waals surface area contributed by atoms with Crippen LogP contribution in [0.2, 0.25) is 0 Å². The van der Waals surface area contributed by atoms with E-state index in [1.54, 1.807) is 18.7 Å². The Morgan fingerprint density at radius 3 is 2.00 bits per heavy atom. The number of hydrogen-bond donors (Lipinski definition) is 1. The van der Waals surface area contributed by atoms with Crippen LogP contribution in [0.4, 0.5) is 14.5 Å². The van der Waals surface area contributed by atoms with Gasteiger partial charge in [0.25, 0.3) is 5.91 Å². The van der Waals surface area contributed by atoms with Crippen molar-refractivity contribution in [2.45, 2.75) is 38.8 Å². The minimum Gasteiger partial charge on any atom is -0.468 e. The molecule has 8 nitrogen and oxygen atoms in total. The van der Waals surface area contributed by atoms with Gasteiger partial charge >= 0.3 is 16.2 Å². The van der Waals surface area contributed by atoms with Gasteiger partial charge < -0.3 is 9.64 Å². The number of piperidine rings is 1. The number of likely N-dealkylation sites (tertiary alicyclic amines) is 1. The van der Waals surface area contributed by atoms with Crippen LogP contribution < -0.4 is 9.03 Å². The molecular formula is C24H29F2N3O5S. The van der Waals surface area contributed by atoms with E-state index in [9.17, 15) is 26.8 Å². The fraction of sp³-hybridized carbons (Fsp3) is 0.417. The molecule has 0 saturated carbocycles. The number of halogens is 2. The zero-order valence-electron chi connectivity index (χ0n) is 19.8. The summed E-state index contributed by atoms with van der Waals surface area (Å²) in [5.74, 6) is -2.35. The lowest BCUT2D eigenvalue weighted by Gasteiger charge is -2.39. The molecule has 1 aliphatic rings. The van der Waals surface area contributed by atoms with Gasteiger partial charge in [0, 0.05) is 24.7 Å². The zero-order valence-corrected chi connectivity index (χ0v) is 20.6. The molecule has 1 heterocycles. The highest BCUT2D eigenvalue weighted by Crippen LogP contribution is 2.28. The predicted octanol–water partition coefficient (Wildman–Crippen LogP) is 3.11. The number of ether oxygens (including phenoxy) is 1. The van der Waals surface area contributed by atoms with Crippen LogP contribution in [0.15, 0.2) is 48.5 Å². The van der Waals surface area contributed by atoms with Crippen LogP contribution in [-0.4, -0.2) is 57.5 Å². The Kier molecular flexibility index (Phi) is 8.44. The average molecular weight is 510 g/mol. The number of hydrogen-bond acceptors (Lipinski definition) is 5. The highest BCUT2D eigenvalue weighted by molar-refractivity contribution is 7.91. The van der Waals surface area contributed by atoms with E-state index in [1.165, 1.54) is 43.5 Å². The third-order valence-electron chi connectivity index (χ3n) is 5.91. The first-order valence-electron chi connectivity index (χ1n) is 11.2. The molecule has 3 rings (SSSR count). The monoisotopic (exact) mass is 509 g/mol. The first-order valence-corrected chi connectivity index (χ1v) is 12.7. The lowest BCUT2D eigenvalue weighted by atomic mass is 10.0. The number of nitrogens with zero attached hydrogens (tertiary/aromatic N) is 2. The fourth-order valence-electron chi connectivity index (χ4n) is 4.01. The van der Waals surface area contributed by atoms with E-state index < -0.39 is 39.9 Å².